The van der Waals surface area contributed by atoms with Gasteiger partial charge in [0.05, 0.1) is 0 Å². The first kappa shape index (κ1) is 24.2. The van der Waals surface area contributed by atoms with Gasteiger partial charge in [-0.25, -0.2) is 0 Å². The number of carbonyl (C=O) groups is 1. The Balaban J connectivity index is 1.54. The van der Waals surface area contributed by atoms with E-state index < -0.39 is 38.3 Å². The van der Waals surface area contributed by atoms with Crippen LogP contribution >= 0.6 is 7.82 Å². The van der Waals surface area contributed by atoms with E-state index in [1.807, 2.05) is 0 Å². The Hall–Kier alpha value is -1.89. The number of imidazole rings is 1. The predicted molar refractivity (Wildman–Crippen MR) is 123 cm³/mol. The number of carbonyl (C=O) groups excluding carboxylic acids is 1. The standard InChI is InChI=1S/C19H31BN5O7P/c1-4-6-24(7-5-2)17-14-18(22-9-21-17)25(10-23-14)19-15(27)16-13(31-19)8-29-33(20,32-16)30-11-28-12(3)26/h9-10,13,15-16,19,27,33H,4-8,11,20H2,1-3H3/t13-,15?,16+,19-/m1/s1. The third-order valence-corrected chi connectivity index (χ3v) is 7.69. The van der Waals surface area contributed by atoms with E-state index in [-0.39, 0.29) is 13.4 Å². The molecule has 2 aliphatic rings. The summed E-state index contributed by atoms with van der Waals surface area (Å²) in [5.74, 6) is 0.307. The molecular weight excluding hydrogens is 452 g/mol. The molecule has 0 aliphatic carbocycles. The fraction of sp³-hybridized carbons (Fsp3) is 0.684. The number of ether oxygens (including phenoxy) is 2. The summed E-state index contributed by atoms with van der Waals surface area (Å²) in [6, 6.07) is 0. The molecular formula is C19H31BN5O7P. The van der Waals surface area contributed by atoms with Crippen LogP contribution < -0.4 is 4.90 Å². The Labute approximate surface area is 193 Å². The molecule has 4 heterocycles. The molecule has 2 saturated heterocycles. The molecule has 4 atom stereocenters. The molecule has 1 N–H and O–H groups in total. The van der Waals surface area contributed by atoms with Crippen LogP contribution in [0.1, 0.15) is 39.8 Å². The van der Waals surface area contributed by atoms with E-state index in [4.69, 9.17) is 23.0 Å². The molecule has 0 amide bonds. The molecule has 0 bridgehead atoms. The number of nitrogens with zero attached hydrogens (tertiary/aromatic N) is 5. The van der Waals surface area contributed by atoms with Gasteiger partial charge in [-0.1, -0.05) is 0 Å². The summed E-state index contributed by atoms with van der Waals surface area (Å²) in [5.41, 5.74) is 1.23. The van der Waals surface area contributed by atoms with Crippen LogP contribution in [0.5, 0.6) is 0 Å². The van der Waals surface area contributed by atoms with Crippen LogP contribution in [-0.4, -0.2) is 83.0 Å². The van der Waals surface area contributed by atoms with Crippen molar-refractivity contribution < 1.29 is 32.9 Å². The van der Waals surface area contributed by atoms with Crippen molar-refractivity contribution in [3.05, 3.63) is 12.7 Å². The van der Waals surface area contributed by atoms with E-state index in [9.17, 15) is 9.90 Å². The van der Waals surface area contributed by atoms with Crippen LogP contribution in [0.2, 0.25) is 0 Å². The minimum atomic E-state index is -3.12. The number of aromatic nitrogens is 4. The summed E-state index contributed by atoms with van der Waals surface area (Å²) in [6.07, 6.45) is 2.19. The third-order valence-electron chi connectivity index (χ3n) is 5.65. The van der Waals surface area contributed by atoms with E-state index in [1.54, 1.807) is 18.5 Å². The number of aliphatic hydroxyl groups is 1. The zero-order valence-electron chi connectivity index (χ0n) is 19.3. The average Bonchev–Trinajstić information content (AvgIpc) is 3.34. The van der Waals surface area contributed by atoms with Crippen molar-refractivity contribution in [1.82, 2.24) is 19.5 Å². The number of anilines is 1. The van der Waals surface area contributed by atoms with Gasteiger partial charge in [-0.15, -0.1) is 0 Å². The molecule has 182 valence electrons. The number of esters is 1. The van der Waals surface area contributed by atoms with Gasteiger partial charge in [0.15, 0.2) is 0 Å². The van der Waals surface area contributed by atoms with E-state index in [0.717, 1.165) is 31.7 Å². The van der Waals surface area contributed by atoms with Crippen LogP contribution in [0.15, 0.2) is 12.7 Å². The van der Waals surface area contributed by atoms with Crippen molar-refractivity contribution in [3.63, 3.8) is 0 Å². The van der Waals surface area contributed by atoms with Crippen molar-refractivity contribution >= 4 is 38.3 Å². The second-order valence-electron chi connectivity index (χ2n) is 8.22. The first-order valence-electron chi connectivity index (χ1n) is 11.2. The van der Waals surface area contributed by atoms with Gasteiger partial charge < -0.3 is 0 Å². The molecule has 2 aromatic heterocycles. The van der Waals surface area contributed by atoms with Crippen LogP contribution in [0.3, 0.4) is 0 Å². The van der Waals surface area contributed by atoms with Crippen LogP contribution in [-0.2, 0) is 27.8 Å². The van der Waals surface area contributed by atoms with Gasteiger partial charge in [0.25, 0.3) is 0 Å². The predicted octanol–water partition coefficient (Wildman–Crippen LogP) is 0.707. The molecule has 2 aliphatic heterocycles. The summed E-state index contributed by atoms with van der Waals surface area (Å²) >= 11 is 0. The van der Waals surface area contributed by atoms with Crippen molar-refractivity contribution in [2.45, 2.75) is 58.2 Å². The summed E-state index contributed by atoms with van der Waals surface area (Å²) in [7, 11) is -1.43. The Morgan fingerprint density at radius 1 is 1.33 bits per heavy atom. The third kappa shape index (κ3) is 4.98. The van der Waals surface area contributed by atoms with Gasteiger partial charge in [-0.2, -0.15) is 0 Å². The van der Waals surface area contributed by atoms with E-state index >= 15 is 0 Å². The van der Waals surface area contributed by atoms with E-state index in [0.29, 0.717) is 11.2 Å². The second-order valence-corrected chi connectivity index (χ2v) is 10.8. The van der Waals surface area contributed by atoms with Crippen molar-refractivity contribution in [2.24, 2.45) is 0 Å². The van der Waals surface area contributed by atoms with Crippen molar-refractivity contribution in [3.8, 4) is 0 Å². The van der Waals surface area contributed by atoms with E-state index in [1.165, 1.54) is 13.3 Å². The molecule has 2 fully saturated rings. The van der Waals surface area contributed by atoms with Crippen LogP contribution in [0, 0.1) is 0 Å². The Morgan fingerprint density at radius 2 is 2.09 bits per heavy atom. The Kier molecular flexibility index (Phi) is 7.47. The normalized spacial score (nSPS) is 27.3. The molecule has 1 unspecified atom stereocenters. The van der Waals surface area contributed by atoms with Gasteiger partial charge in [0.1, 0.15) is 0 Å². The molecule has 0 saturated carbocycles. The molecule has 0 spiro atoms. The van der Waals surface area contributed by atoms with Crippen molar-refractivity contribution in [1.29, 1.82) is 0 Å². The monoisotopic (exact) mass is 483 g/mol. The van der Waals surface area contributed by atoms with Gasteiger partial charge in [0.2, 0.25) is 0 Å². The van der Waals surface area contributed by atoms with Crippen molar-refractivity contribution in [2.75, 3.05) is 31.4 Å². The fourth-order valence-corrected chi connectivity index (χ4v) is 5.90. The number of hydrogen-bond donors (Lipinski definition) is 1. The van der Waals surface area contributed by atoms with Gasteiger partial charge in [0, 0.05) is 0 Å². The van der Waals surface area contributed by atoms with Crippen LogP contribution in [0.4, 0.5) is 5.82 Å². The summed E-state index contributed by atoms with van der Waals surface area (Å²) in [6.45, 7) is 7.18. The molecule has 14 heteroatoms. The summed E-state index contributed by atoms with van der Waals surface area (Å²) in [5, 5.41) is 11.1. The summed E-state index contributed by atoms with van der Waals surface area (Å²) in [4.78, 5) is 26.6. The first-order chi connectivity index (χ1) is 15.9. The van der Waals surface area contributed by atoms with E-state index in [2.05, 4.69) is 33.7 Å². The molecule has 12 nitrogen and oxygen atoms in total. The molecule has 4 rings (SSSR count). The maximum absolute atomic E-state index is 11.1. The average molecular weight is 483 g/mol. The number of aliphatic hydroxyl groups excluding tert-OH is 1. The van der Waals surface area contributed by atoms with Gasteiger partial charge >= 0.3 is 193 Å². The first-order valence-corrected chi connectivity index (χ1v) is 13.4. The molecule has 33 heavy (non-hydrogen) atoms. The second kappa shape index (κ2) is 10.2. The number of rotatable bonds is 9. The fourth-order valence-electron chi connectivity index (χ4n) is 4.16. The Morgan fingerprint density at radius 3 is 2.79 bits per heavy atom. The summed E-state index contributed by atoms with van der Waals surface area (Å²) < 4.78 is 30.0. The zero-order valence-corrected chi connectivity index (χ0v) is 20.3. The quantitative estimate of drug-likeness (QED) is 0.234. The molecule has 0 aromatic carbocycles. The molecule has 0 radical (unpaired) electrons. The number of hydrogen-bond acceptors (Lipinski definition) is 11. The zero-order chi connectivity index (χ0) is 23.6. The maximum atomic E-state index is 11.1. The SMILES string of the molecule is B[PH]1(OCOC(C)=O)OC[C@H]2O[C@@H](n3cnc4c(N(CCC)CCC)ncnc43)C(O)[C@H]2O1. The number of fused-ring (bicyclic) bond motifs is 2. The van der Waals surface area contributed by atoms with Crippen LogP contribution in [0.25, 0.3) is 11.2 Å². The minimum absolute atomic E-state index is 0.189. The molecule has 2 aromatic rings. The Bertz CT molecular complexity index is 977. The topological polar surface area (TPSA) is 130 Å². The van der Waals surface area contributed by atoms with Gasteiger partial charge in [-0.3, -0.25) is 0 Å². The van der Waals surface area contributed by atoms with Gasteiger partial charge in [-0.05, 0) is 0 Å².